The Hall–Kier alpha value is -0.980. The number of thiocarbonyl (C=S) groups is 1. The van der Waals surface area contributed by atoms with Crippen molar-refractivity contribution in [2.24, 2.45) is 0 Å². The molecule has 1 heterocycles. The Morgan fingerprint density at radius 3 is 2.74 bits per heavy atom. The van der Waals surface area contributed by atoms with Crippen LogP contribution < -0.4 is 10.6 Å². The van der Waals surface area contributed by atoms with Gasteiger partial charge in [-0.1, -0.05) is 22.4 Å². The van der Waals surface area contributed by atoms with Crippen molar-refractivity contribution < 1.29 is 8.76 Å². The molecular formula is C13H19N2O2S2+. The minimum absolute atomic E-state index is 0.246. The lowest BCUT2D eigenvalue weighted by atomic mass is 10.0. The van der Waals surface area contributed by atoms with Gasteiger partial charge in [0.1, 0.15) is 5.75 Å². The first kappa shape index (κ1) is 14.4. The Morgan fingerprint density at radius 1 is 1.47 bits per heavy atom. The highest BCUT2D eigenvalue weighted by Crippen LogP contribution is 2.26. The fraction of sp³-hybridized carbons (Fsp3) is 0.462. The highest BCUT2D eigenvalue weighted by Gasteiger charge is 2.47. The summed E-state index contributed by atoms with van der Waals surface area (Å²) in [7, 11) is -2.68. The van der Waals surface area contributed by atoms with E-state index in [1.165, 1.54) is 0 Å². The summed E-state index contributed by atoms with van der Waals surface area (Å²) in [5, 5.41) is 6.80. The first-order valence-electron chi connectivity index (χ1n) is 6.17. The normalized spacial score (nSPS) is 30.1. The van der Waals surface area contributed by atoms with Gasteiger partial charge in [0.15, 0.2) is 10.9 Å². The van der Waals surface area contributed by atoms with E-state index in [2.05, 4.69) is 10.6 Å². The van der Waals surface area contributed by atoms with Gasteiger partial charge in [-0.3, -0.25) is 0 Å². The smallest absolute Gasteiger partial charge is 0.216 e. The summed E-state index contributed by atoms with van der Waals surface area (Å²) in [6.07, 6.45) is 0.651. The van der Waals surface area contributed by atoms with E-state index in [0.29, 0.717) is 17.3 Å². The molecule has 3 N–H and O–H groups in total. The average molecular weight is 299 g/mol. The molecule has 0 amide bonds. The highest BCUT2D eigenvalue weighted by molar-refractivity contribution is 7.98. The van der Waals surface area contributed by atoms with Crippen LogP contribution in [0, 0.1) is 6.92 Å². The fourth-order valence-corrected chi connectivity index (χ4v) is 4.75. The summed E-state index contributed by atoms with van der Waals surface area (Å²) >= 11 is 5.28. The summed E-state index contributed by atoms with van der Waals surface area (Å²) in [5.74, 6) is 0.582. The van der Waals surface area contributed by atoms with Crippen molar-refractivity contribution in [3.63, 3.8) is 0 Å². The summed E-state index contributed by atoms with van der Waals surface area (Å²) in [6, 6.07) is 7.87. The lowest BCUT2D eigenvalue weighted by Gasteiger charge is -2.24. The van der Waals surface area contributed by atoms with Gasteiger partial charge in [-0.25, -0.2) is 0 Å². The lowest BCUT2D eigenvalue weighted by molar-refractivity contribution is 0.466. The van der Waals surface area contributed by atoms with Crippen LogP contribution in [-0.4, -0.2) is 26.7 Å². The van der Waals surface area contributed by atoms with Gasteiger partial charge < -0.3 is 10.6 Å². The molecule has 0 aliphatic carbocycles. The van der Waals surface area contributed by atoms with Crippen LogP contribution in [0.1, 0.15) is 18.9 Å². The molecule has 1 saturated heterocycles. The van der Waals surface area contributed by atoms with Crippen molar-refractivity contribution in [2.45, 2.75) is 25.8 Å². The molecule has 4 nitrogen and oxygen atoms in total. The third-order valence-electron chi connectivity index (χ3n) is 3.33. The Kier molecular flexibility index (Phi) is 3.94. The highest BCUT2D eigenvalue weighted by atomic mass is 32.3. The molecule has 1 aromatic carbocycles. The molecule has 0 spiro atoms. The number of aryl methyl sites for hydroxylation is 1. The molecule has 1 aliphatic heterocycles. The second kappa shape index (κ2) is 5.19. The van der Waals surface area contributed by atoms with E-state index >= 15 is 0 Å². The van der Waals surface area contributed by atoms with Crippen molar-refractivity contribution in [1.82, 2.24) is 5.32 Å². The molecule has 1 aromatic rings. The molecule has 0 saturated carbocycles. The molecule has 2 rings (SSSR count). The predicted molar refractivity (Wildman–Crippen MR) is 84.0 cm³/mol. The van der Waals surface area contributed by atoms with Crippen LogP contribution in [0.3, 0.4) is 0 Å². The fourth-order valence-electron chi connectivity index (χ4n) is 2.27. The standard InChI is InChI=1S/C13H18N2O2S2/c1-10-5-3-4-6-11(10)14-12(18)15-13(2)7-8-19(16,17)9-13/h3-6H,7-9H2,1-2H3,(H2-,14,15,16,17,18)/p+1/t13-/m0/s1. The van der Waals surface area contributed by atoms with Gasteiger partial charge in [-0.05, 0) is 37.7 Å². The topological polar surface area (TPSA) is 61.4 Å². The number of hydrogen-bond donors (Lipinski definition) is 3. The Labute approximate surface area is 120 Å². The van der Waals surface area contributed by atoms with E-state index in [1.54, 1.807) is 0 Å². The van der Waals surface area contributed by atoms with Crippen LogP contribution in [-0.2, 0) is 14.4 Å². The third kappa shape index (κ3) is 3.75. The summed E-state index contributed by atoms with van der Waals surface area (Å²) < 4.78 is 21.2. The molecule has 1 aliphatic rings. The first-order chi connectivity index (χ1) is 8.80. The summed E-state index contributed by atoms with van der Waals surface area (Å²) in [4.78, 5) is 0. The zero-order valence-electron chi connectivity index (χ0n) is 11.1. The maximum atomic E-state index is 11.6. The lowest BCUT2D eigenvalue weighted by Crippen LogP contribution is -2.49. The average Bonchev–Trinajstić information content (AvgIpc) is 2.56. The van der Waals surface area contributed by atoms with Crippen molar-refractivity contribution in [2.75, 3.05) is 16.8 Å². The molecule has 104 valence electrons. The van der Waals surface area contributed by atoms with Gasteiger partial charge in [0.2, 0.25) is 10.2 Å². The van der Waals surface area contributed by atoms with Crippen LogP contribution in [0.15, 0.2) is 24.3 Å². The van der Waals surface area contributed by atoms with Crippen molar-refractivity contribution >= 4 is 33.2 Å². The molecule has 0 radical (unpaired) electrons. The Morgan fingerprint density at radius 2 is 2.16 bits per heavy atom. The molecule has 1 unspecified atom stereocenters. The first-order valence-corrected chi connectivity index (χ1v) is 8.43. The molecule has 6 heteroatoms. The molecule has 19 heavy (non-hydrogen) atoms. The summed E-state index contributed by atoms with van der Waals surface area (Å²) in [5.41, 5.74) is 1.65. The van der Waals surface area contributed by atoms with Crippen LogP contribution in [0.4, 0.5) is 5.69 Å². The van der Waals surface area contributed by atoms with Crippen LogP contribution >= 0.6 is 12.2 Å². The zero-order valence-corrected chi connectivity index (χ0v) is 12.7. The van der Waals surface area contributed by atoms with E-state index in [4.69, 9.17) is 12.2 Å². The van der Waals surface area contributed by atoms with Gasteiger partial charge in [-0.2, -0.15) is 4.55 Å². The number of benzene rings is 1. The van der Waals surface area contributed by atoms with Gasteiger partial charge >= 0.3 is 0 Å². The van der Waals surface area contributed by atoms with Gasteiger partial charge in [0.25, 0.3) is 0 Å². The number of anilines is 1. The van der Waals surface area contributed by atoms with E-state index in [0.717, 1.165) is 11.3 Å². The molecule has 0 bridgehead atoms. The van der Waals surface area contributed by atoms with Gasteiger partial charge in [0, 0.05) is 12.1 Å². The maximum absolute atomic E-state index is 11.6. The van der Waals surface area contributed by atoms with Crippen molar-refractivity contribution in [3.8, 4) is 0 Å². The number of hydrogen-bond acceptors (Lipinski definition) is 2. The van der Waals surface area contributed by atoms with Gasteiger partial charge in [-0.15, -0.1) is 0 Å². The van der Waals surface area contributed by atoms with Crippen molar-refractivity contribution in [3.05, 3.63) is 29.8 Å². The van der Waals surface area contributed by atoms with E-state index in [1.807, 2.05) is 38.1 Å². The predicted octanol–water partition coefficient (Wildman–Crippen LogP) is 2.42. The molecule has 0 aromatic heterocycles. The largest absolute Gasteiger partial charge is 0.352 e. The minimum Gasteiger partial charge on any atom is -0.352 e. The minimum atomic E-state index is -2.68. The molecule has 2 atom stereocenters. The third-order valence-corrected chi connectivity index (χ3v) is 5.46. The second-order valence-electron chi connectivity index (χ2n) is 5.33. The van der Waals surface area contributed by atoms with Crippen LogP contribution in [0.2, 0.25) is 0 Å². The van der Waals surface area contributed by atoms with Crippen molar-refractivity contribution in [1.29, 1.82) is 0 Å². The van der Waals surface area contributed by atoms with Crippen LogP contribution in [0.25, 0.3) is 0 Å². The van der Waals surface area contributed by atoms with E-state index in [-0.39, 0.29) is 5.75 Å². The zero-order chi connectivity index (χ0) is 14.1. The van der Waals surface area contributed by atoms with Gasteiger partial charge in [0.05, 0.1) is 5.54 Å². The SMILES string of the molecule is Cc1ccccc1NC(=S)N[C@@]1(C)CC[S+](=O)(O)C1. The Bertz CT molecular complexity index is 547. The second-order valence-corrected chi connectivity index (χ2v) is 7.98. The van der Waals surface area contributed by atoms with Crippen LogP contribution in [0.5, 0.6) is 0 Å². The number of nitrogens with one attached hydrogen (secondary N) is 2. The maximum Gasteiger partial charge on any atom is 0.216 e. The van der Waals surface area contributed by atoms with E-state index < -0.39 is 15.8 Å². The summed E-state index contributed by atoms with van der Waals surface area (Å²) in [6.45, 7) is 3.93. The molecule has 1 fully saturated rings. The molecular weight excluding hydrogens is 280 g/mol. The number of rotatable bonds is 2. The van der Waals surface area contributed by atoms with E-state index in [9.17, 15) is 8.76 Å². The Balaban J connectivity index is 1.99. The number of para-hydroxylation sites is 1. The monoisotopic (exact) mass is 299 g/mol. The quantitative estimate of drug-likeness (QED) is 0.578.